The smallest absolute Gasteiger partial charge is 0.490 e. The molecule has 1 saturated heterocycles. The van der Waals surface area contributed by atoms with Crippen molar-refractivity contribution in [2.24, 2.45) is 0 Å². The van der Waals surface area contributed by atoms with Gasteiger partial charge in [-0.15, -0.1) is 0 Å². The van der Waals surface area contributed by atoms with Crippen molar-refractivity contribution >= 4 is 39.0 Å². The summed E-state index contributed by atoms with van der Waals surface area (Å²) in [5.41, 5.74) is 1.42. The van der Waals surface area contributed by atoms with Crippen LogP contribution in [0.5, 0.6) is 5.75 Å². The first-order valence-corrected chi connectivity index (χ1v) is 17.3. The van der Waals surface area contributed by atoms with Gasteiger partial charge in [0.05, 0.1) is 29.0 Å². The zero-order valence-electron chi connectivity index (χ0n) is 26.1. The molecule has 17 heteroatoms. The van der Waals surface area contributed by atoms with E-state index in [-0.39, 0.29) is 48.1 Å². The van der Waals surface area contributed by atoms with E-state index in [4.69, 9.17) is 21.6 Å². The number of nitrogens with zero attached hydrogens (tertiary/aromatic N) is 5. The third kappa shape index (κ3) is 8.41. The molecule has 1 aliphatic rings. The van der Waals surface area contributed by atoms with Crippen molar-refractivity contribution in [1.82, 2.24) is 14.5 Å². The maximum atomic E-state index is 14.3. The first kappa shape index (κ1) is 36.3. The Morgan fingerprint density at radius 1 is 1.14 bits per heavy atom. The van der Waals surface area contributed by atoms with E-state index in [1.165, 1.54) is 58.4 Å². The number of hydrogen-bond acceptors (Lipinski definition) is 9. The Hall–Kier alpha value is -4.98. The molecule has 1 aliphatic heterocycles. The topological polar surface area (TPSA) is 146 Å². The van der Waals surface area contributed by atoms with Gasteiger partial charge in [0.15, 0.2) is 0 Å². The second-order valence-corrected chi connectivity index (χ2v) is 14.3. The number of amides is 1. The number of phenols is 1. The van der Waals surface area contributed by atoms with Crippen LogP contribution in [-0.2, 0) is 37.3 Å². The molecule has 11 nitrogen and oxygen atoms in total. The lowest BCUT2D eigenvalue weighted by atomic mass is 10.00. The van der Waals surface area contributed by atoms with Gasteiger partial charge < -0.3 is 19.3 Å². The minimum Gasteiger partial charge on any atom is -0.508 e. The lowest BCUT2D eigenvalue weighted by Gasteiger charge is -2.45. The number of rotatable bonds is 10. The Kier molecular flexibility index (Phi) is 10.5. The van der Waals surface area contributed by atoms with E-state index in [1.807, 2.05) is 0 Å². The van der Waals surface area contributed by atoms with Crippen molar-refractivity contribution in [2.45, 2.75) is 38.0 Å². The summed E-state index contributed by atoms with van der Waals surface area (Å²) in [5.74, 6) is -5.04. The molecule has 5 rings (SSSR count). The number of carbonyl (C=O) groups is 2. The van der Waals surface area contributed by atoms with Gasteiger partial charge in [-0.2, -0.15) is 18.4 Å². The minimum absolute atomic E-state index is 0.00266. The molecule has 4 aromatic rings. The summed E-state index contributed by atoms with van der Waals surface area (Å²) >= 11 is 6.31. The molecule has 1 fully saturated rings. The van der Waals surface area contributed by atoms with E-state index in [9.17, 15) is 40.7 Å². The summed E-state index contributed by atoms with van der Waals surface area (Å²) in [6, 6.07) is 15.1. The SMILES string of the molecule is CS(=O)(=O)CC[C@H]1CN(c2cc(Cl)ccc2-c2cccc(O)c2)C(=O)C(OC(=O)C(F)(F)F)N1Cc1cncn1Cc1ccc(C#N)c(F)c1. The molecule has 0 bridgehead atoms. The maximum Gasteiger partial charge on any atom is 0.490 e. The number of sulfone groups is 1. The van der Waals surface area contributed by atoms with Gasteiger partial charge in [0.2, 0.25) is 6.23 Å². The van der Waals surface area contributed by atoms with Crippen molar-refractivity contribution in [3.63, 3.8) is 0 Å². The normalized spacial score (nSPS) is 17.1. The fraction of sp³-hybridized carbons (Fsp3) is 0.273. The third-order valence-corrected chi connectivity index (χ3v) is 9.18. The number of halogens is 5. The van der Waals surface area contributed by atoms with Crippen LogP contribution in [0.2, 0.25) is 5.02 Å². The van der Waals surface area contributed by atoms with E-state index in [1.54, 1.807) is 24.3 Å². The standard InChI is InChI=1S/C33H28ClF4N5O6S/c1-50(47,48)10-9-24-17-43(29-13-23(34)7-8-27(29)21-3-2-4-26(44)12-21)30(45)31(49-32(46)33(36,37)38)42(24)18-25-15-40-19-41(25)16-20-5-6-22(14-39)28(35)11-20/h2-8,11-13,15,19,24,31,44H,9-10,16-18H2,1H3/t24-,31?/m0/s1. The second kappa shape index (κ2) is 14.5. The number of ether oxygens (including phenoxy) is 1. The van der Waals surface area contributed by atoms with Crippen molar-refractivity contribution in [3.05, 3.63) is 101 Å². The van der Waals surface area contributed by atoms with E-state index in [0.717, 1.165) is 17.2 Å². The van der Waals surface area contributed by atoms with Crippen LogP contribution in [0.15, 0.2) is 73.2 Å². The molecule has 0 aliphatic carbocycles. The fourth-order valence-electron chi connectivity index (χ4n) is 5.59. The fourth-order valence-corrected chi connectivity index (χ4v) is 6.46. The number of piperazine rings is 1. The van der Waals surface area contributed by atoms with Crippen LogP contribution < -0.4 is 4.90 Å². The Bertz CT molecular complexity index is 2080. The zero-order chi connectivity index (χ0) is 36.4. The molecule has 2 heterocycles. The number of aromatic nitrogens is 2. The van der Waals surface area contributed by atoms with Crippen LogP contribution in [0.4, 0.5) is 23.2 Å². The molecule has 0 saturated carbocycles. The molecule has 1 unspecified atom stereocenters. The summed E-state index contributed by atoms with van der Waals surface area (Å²) in [4.78, 5) is 32.9. The highest BCUT2D eigenvalue weighted by molar-refractivity contribution is 7.90. The number of anilines is 1. The first-order chi connectivity index (χ1) is 23.5. The predicted molar refractivity (Wildman–Crippen MR) is 173 cm³/mol. The lowest BCUT2D eigenvalue weighted by molar-refractivity contribution is -0.216. The monoisotopic (exact) mass is 733 g/mol. The molecule has 0 spiro atoms. The number of carbonyl (C=O) groups excluding carboxylic acids is 2. The minimum atomic E-state index is -5.49. The average Bonchev–Trinajstić information content (AvgIpc) is 3.47. The van der Waals surface area contributed by atoms with Crippen molar-refractivity contribution in [2.75, 3.05) is 23.5 Å². The largest absolute Gasteiger partial charge is 0.508 e. The third-order valence-electron chi connectivity index (χ3n) is 7.97. The number of aromatic hydroxyl groups is 1. The van der Waals surface area contributed by atoms with Crippen LogP contribution in [0, 0.1) is 17.1 Å². The number of nitriles is 1. The van der Waals surface area contributed by atoms with Gasteiger partial charge in [-0.3, -0.25) is 4.79 Å². The molecule has 1 amide bonds. The van der Waals surface area contributed by atoms with E-state index in [2.05, 4.69) is 4.98 Å². The number of benzene rings is 3. The van der Waals surface area contributed by atoms with Crippen molar-refractivity contribution in [3.8, 4) is 22.9 Å². The van der Waals surface area contributed by atoms with E-state index < -0.39 is 51.7 Å². The van der Waals surface area contributed by atoms with Crippen molar-refractivity contribution in [1.29, 1.82) is 5.26 Å². The van der Waals surface area contributed by atoms with Gasteiger partial charge in [-0.1, -0.05) is 35.9 Å². The Morgan fingerprint density at radius 3 is 2.56 bits per heavy atom. The first-order valence-electron chi connectivity index (χ1n) is 14.8. The molecular weight excluding hydrogens is 706 g/mol. The Morgan fingerprint density at radius 2 is 1.90 bits per heavy atom. The predicted octanol–water partition coefficient (Wildman–Crippen LogP) is 5.05. The lowest BCUT2D eigenvalue weighted by Crippen LogP contribution is -2.63. The molecule has 3 aromatic carbocycles. The van der Waals surface area contributed by atoms with Gasteiger partial charge in [0.25, 0.3) is 5.91 Å². The van der Waals surface area contributed by atoms with Crippen LogP contribution in [0.25, 0.3) is 11.1 Å². The summed E-state index contributed by atoms with van der Waals surface area (Å²) in [7, 11) is -3.63. The van der Waals surface area contributed by atoms with E-state index >= 15 is 0 Å². The highest BCUT2D eigenvalue weighted by Crippen LogP contribution is 2.38. The van der Waals surface area contributed by atoms with Gasteiger partial charge in [-0.25, -0.2) is 27.5 Å². The summed E-state index contributed by atoms with van der Waals surface area (Å²) in [6.45, 7) is -0.615. The van der Waals surface area contributed by atoms with Gasteiger partial charge in [0, 0.05) is 48.7 Å². The maximum absolute atomic E-state index is 14.3. The van der Waals surface area contributed by atoms with Gasteiger partial charge in [0.1, 0.15) is 27.5 Å². The molecule has 50 heavy (non-hydrogen) atoms. The molecule has 1 N–H and O–H groups in total. The Labute approximate surface area is 288 Å². The van der Waals surface area contributed by atoms with Crippen LogP contribution >= 0.6 is 11.6 Å². The van der Waals surface area contributed by atoms with Crippen molar-refractivity contribution < 1.29 is 45.4 Å². The van der Waals surface area contributed by atoms with Crippen LogP contribution in [0.3, 0.4) is 0 Å². The number of alkyl halides is 3. The van der Waals surface area contributed by atoms with Crippen LogP contribution in [0.1, 0.15) is 23.2 Å². The second-order valence-electron chi connectivity index (χ2n) is 11.6. The van der Waals surface area contributed by atoms with Gasteiger partial charge >= 0.3 is 12.1 Å². The molecule has 2 atom stereocenters. The summed E-state index contributed by atoms with van der Waals surface area (Å²) in [6.07, 6.45) is -4.19. The number of esters is 1. The highest BCUT2D eigenvalue weighted by atomic mass is 35.5. The molecule has 1 aromatic heterocycles. The number of phenolic OH excluding ortho intramolecular Hbond substituents is 1. The van der Waals surface area contributed by atoms with E-state index in [0.29, 0.717) is 22.4 Å². The van der Waals surface area contributed by atoms with Crippen LogP contribution in [-0.4, -0.2) is 76.9 Å². The average molecular weight is 734 g/mol. The van der Waals surface area contributed by atoms with Gasteiger partial charge in [-0.05, 0) is 53.9 Å². The number of imidazole rings is 1. The molecule has 0 radical (unpaired) electrons. The molecular formula is C33H28ClF4N5O6S. The molecule has 262 valence electrons. The number of hydrogen-bond donors (Lipinski definition) is 1. The Balaban J connectivity index is 1.59. The quantitative estimate of drug-likeness (QED) is 0.175. The summed E-state index contributed by atoms with van der Waals surface area (Å²) < 4.78 is 86.2. The summed E-state index contributed by atoms with van der Waals surface area (Å²) in [5, 5.41) is 19.3. The zero-order valence-corrected chi connectivity index (χ0v) is 27.7. The highest BCUT2D eigenvalue weighted by Gasteiger charge is 2.49.